The van der Waals surface area contributed by atoms with Crippen LogP contribution in [0.25, 0.3) is 0 Å². The minimum absolute atomic E-state index is 0.0258. The fraction of sp³-hybridized carbons (Fsp3) is 0.556. The molecule has 1 heterocycles. The fourth-order valence-corrected chi connectivity index (χ4v) is 3.78. The van der Waals surface area contributed by atoms with Crippen LogP contribution in [0.15, 0.2) is 18.2 Å². The van der Waals surface area contributed by atoms with E-state index in [1.165, 1.54) is 44.2 Å². The summed E-state index contributed by atoms with van der Waals surface area (Å²) in [5.41, 5.74) is 0.520. The number of carbonyl (C=O) groups excluding carboxylic acids is 1. The van der Waals surface area contributed by atoms with E-state index in [0.717, 1.165) is 0 Å². The Hall–Kier alpha value is -2.02. The van der Waals surface area contributed by atoms with Gasteiger partial charge in [-0.15, -0.1) is 10.2 Å². The molecule has 1 aliphatic carbocycles. The quantitative estimate of drug-likeness (QED) is 0.799. The Bertz CT molecular complexity index is 733. The van der Waals surface area contributed by atoms with E-state index in [0.29, 0.717) is 23.8 Å². The minimum atomic E-state index is -0.674. The van der Waals surface area contributed by atoms with Crippen LogP contribution in [0.4, 0.5) is 4.39 Å². The lowest BCUT2D eigenvalue weighted by atomic mass is 9.79. The van der Waals surface area contributed by atoms with Gasteiger partial charge in [-0.25, -0.2) is 4.39 Å². The van der Waals surface area contributed by atoms with Gasteiger partial charge in [0.05, 0.1) is 5.02 Å². The number of H-pyrrole nitrogens is 1. The number of tetrazole rings is 1. The third-order valence-electron chi connectivity index (χ3n) is 5.16. The van der Waals surface area contributed by atoms with Crippen molar-refractivity contribution in [3.05, 3.63) is 40.4 Å². The highest BCUT2D eigenvalue weighted by Crippen LogP contribution is 2.32. The van der Waals surface area contributed by atoms with Gasteiger partial charge >= 0.3 is 0 Å². The van der Waals surface area contributed by atoms with Crippen molar-refractivity contribution in [3.8, 4) is 0 Å². The zero-order chi connectivity index (χ0) is 18.5. The molecule has 8 heteroatoms. The van der Waals surface area contributed by atoms with Crippen LogP contribution in [-0.4, -0.2) is 26.5 Å². The Morgan fingerprint density at radius 3 is 2.81 bits per heavy atom. The molecule has 0 radical (unpaired) electrons. The Balaban J connectivity index is 1.71. The number of nitrogens with one attached hydrogen (secondary N) is 2. The van der Waals surface area contributed by atoms with Gasteiger partial charge in [-0.3, -0.25) is 4.79 Å². The molecule has 6 nitrogen and oxygen atoms in total. The van der Waals surface area contributed by atoms with E-state index in [1.54, 1.807) is 6.07 Å². The summed E-state index contributed by atoms with van der Waals surface area (Å²) < 4.78 is 13.9. The van der Waals surface area contributed by atoms with Crippen molar-refractivity contribution in [2.75, 3.05) is 0 Å². The number of rotatable bonds is 6. The van der Waals surface area contributed by atoms with Crippen molar-refractivity contribution in [1.29, 1.82) is 0 Å². The smallest absolute Gasteiger partial charge is 0.221 e. The van der Waals surface area contributed by atoms with Crippen LogP contribution in [0.3, 0.4) is 0 Å². The molecule has 1 amide bonds. The number of hydrogen-bond acceptors (Lipinski definition) is 4. The highest BCUT2D eigenvalue weighted by molar-refractivity contribution is 6.30. The summed E-state index contributed by atoms with van der Waals surface area (Å²) >= 11 is 5.76. The lowest BCUT2D eigenvalue weighted by molar-refractivity contribution is -0.122. The zero-order valence-electron chi connectivity index (χ0n) is 14.7. The topological polar surface area (TPSA) is 83.6 Å². The number of nitrogens with zero attached hydrogens (tertiary/aromatic N) is 3. The van der Waals surface area contributed by atoms with Crippen LogP contribution in [-0.2, 0) is 4.79 Å². The SMILES string of the molecule is C[C@@H](CC(=O)N[C@@H](c1ccc(Cl)c(F)c1)c1nn[nH]n1)C1CCCCC1. The number of benzene rings is 1. The predicted molar refractivity (Wildman–Crippen MR) is 95.9 cm³/mol. The van der Waals surface area contributed by atoms with E-state index in [9.17, 15) is 9.18 Å². The molecule has 1 saturated carbocycles. The molecule has 1 aromatic heterocycles. The zero-order valence-corrected chi connectivity index (χ0v) is 15.5. The molecular weight excluding hydrogens is 357 g/mol. The lowest BCUT2D eigenvalue weighted by Crippen LogP contribution is -2.32. The van der Waals surface area contributed by atoms with Gasteiger partial charge in [0.1, 0.15) is 11.9 Å². The van der Waals surface area contributed by atoms with Crippen LogP contribution >= 0.6 is 11.6 Å². The molecule has 0 saturated heterocycles. The summed E-state index contributed by atoms with van der Waals surface area (Å²) in [4.78, 5) is 12.6. The maximum atomic E-state index is 13.9. The van der Waals surface area contributed by atoms with Gasteiger partial charge in [-0.2, -0.15) is 5.21 Å². The van der Waals surface area contributed by atoms with Gasteiger partial charge in [-0.1, -0.05) is 61.9 Å². The number of halogens is 2. The monoisotopic (exact) mass is 379 g/mol. The van der Waals surface area contributed by atoms with Crippen molar-refractivity contribution in [3.63, 3.8) is 0 Å². The summed E-state index contributed by atoms with van der Waals surface area (Å²) in [6, 6.07) is 3.72. The number of carbonyl (C=O) groups is 1. The molecule has 140 valence electrons. The van der Waals surface area contributed by atoms with Gasteiger partial charge in [0.2, 0.25) is 11.7 Å². The van der Waals surface area contributed by atoms with Gasteiger partial charge in [-0.05, 0) is 29.5 Å². The Kier molecular flexibility index (Phi) is 6.19. The number of amides is 1. The van der Waals surface area contributed by atoms with Crippen LogP contribution in [0.2, 0.25) is 5.02 Å². The number of aromatic amines is 1. The Morgan fingerprint density at radius 2 is 2.15 bits per heavy atom. The molecular formula is C18H23ClFN5O. The van der Waals surface area contributed by atoms with Gasteiger partial charge < -0.3 is 5.32 Å². The minimum Gasteiger partial charge on any atom is -0.342 e. The van der Waals surface area contributed by atoms with E-state index in [2.05, 4.69) is 32.9 Å². The summed E-state index contributed by atoms with van der Waals surface area (Å²) in [7, 11) is 0. The molecule has 2 aromatic rings. The van der Waals surface area contributed by atoms with Crippen LogP contribution in [0.5, 0.6) is 0 Å². The van der Waals surface area contributed by atoms with E-state index < -0.39 is 11.9 Å². The highest BCUT2D eigenvalue weighted by Gasteiger charge is 2.26. The van der Waals surface area contributed by atoms with Crippen molar-refractivity contribution in [1.82, 2.24) is 25.9 Å². The lowest BCUT2D eigenvalue weighted by Gasteiger charge is -2.27. The molecule has 3 rings (SSSR count). The second-order valence-corrected chi connectivity index (χ2v) is 7.43. The third kappa shape index (κ3) is 4.58. The van der Waals surface area contributed by atoms with Gasteiger partial charge in [0.15, 0.2) is 0 Å². The number of hydrogen-bond donors (Lipinski definition) is 2. The second-order valence-electron chi connectivity index (χ2n) is 7.02. The highest BCUT2D eigenvalue weighted by atomic mass is 35.5. The molecule has 1 aliphatic rings. The summed E-state index contributed by atoms with van der Waals surface area (Å²) in [5, 5.41) is 16.8. The first-order chi connectivity index (χ1) is 12.5. The van der Waals surface area contributed by atoms with Gasteiger partial charge in [0.25, 0.3) is 0 Å². The maximum Gasteiger partial charge on any atom is 0.221 e. The van der Waals surface area contributed by atoms with Crippen molar-refractivity contribution < 1.29 is 9.18 Å². The van der Waals surface area contributed by atoms with Crippen LogP contribution < -0.4 is 5.32 Å². The summed E-state index contributed by atoms with van der Waals surface area (Å²) in [6.07, 6.45) is 6.57. The Morgan fingerprint density at radius 1 is 1.38 bits per heavy atom. The largest absolute Gasteiger partial charge is 0.342 e. The molecule has 2 atom stereocenters. The first kappa shape index (κ1) is 18.8. The van der Waals surface area contributed by atoms with Crippen molar-refractivity contribution in [2.24, 2.45) is 11.8 Å². The van der Waals surface area contributed by atoms with E-state index in [-0.39, 0.29) is 16.8 Å². The molecule has 0 bridgehead atoms. The molecule has 0 aliphatic heterocycles. The molecule has 2 N–H and O–H groups in total. The maximum absolute atomic E-state index is 13.9. The molecule has 0 unspecified atom stereocenters. The van der Waals surface area contributed by atoms with E-state index in [4.69, 9.17) is 11.6 Å². The standard InChI is InChI=1S/C18H23ClFN5O/c1-11(12-5-3-2-4-6-12)9-16(26)21-17(18-22-24-25-23-18)13-7-8-14(19)15(20)10-13/h7-8,10-12,17H,2-6,9H2,1H3,(H,21,26)(H,22,23,24,25)/t11-,17-/m0/s1. The van der Waals surface area contributed by atoms with E-state index >= 15 is 0 Å². The second kappa shape index (κ2) is 8.58. The molecule has 1 fully saturated rings. The average Bonchev–Trinajstić information content (AvgIpc) is 3.17. The van der Waals surface area contributed by atoms with Crippen molar-refractivity contribution >= 4 is 17.5 Å². The summed E-state index contributed by atoms with van der Waals surface area (Å²) in [6.45, 7) is 2.13. The molecule has 26 heavy (non-hydrogen) atoms. The van der Waals surface area contributed by atoms with Crippen LogP contribution in [0, 0.1) is 17.7 Å². The van der Waals surface area contributed by atoms with E-state index in [1.807, 2.05) is 0 Å². The Labute approximate surface area is 156 Å². The van der Waals surface area contributed by atoms with Gasteiger partial charge in [0, 0.05) is 6.42 Å². The number of aromatic nitrogens is 4. The third-order valence-corrected chi connectivity index (χ3v) is 5.47. The first-order valence-corrected chi connectivity index (χ1v) is 9.40. The van der Waals surface area contributed by atoms with Crippen molar-refractivity contribution in [2.45, 2.75) is 51.5 Å². The molecule has 1 aromatic carbocycles. The van der Waals surface area contributed by atoms with Crippen LogP contribution in [0.1, 0.15) is 62.9 Å². The normalized spacial score (nSPS) is 17.7. The summed E-state index contributed by atoms with van der Waals surface area (Å²) in [5.74, 6) is 0.524. The fourth-order valence-electron chi connectivity index (χ4n) is 3.66. The molecule has 0 spiro atoms. The first-order valence-electron chi connectivity index (χ1n) is 9.02. The average molecular weight is 380 g/mol. The predicted octanol–water partition coefficient (Wildman–Crippen LogP) is 3.80.